The zero-order chi connectivity index (χ0) is 14.4. The minimum atomic E-state index is 0.0354. The number of hydrogen-bond acceptors (Lipinski definition) is 3. The molecule has 1 aliphatic rings. The average Bonchev–Trinajstić information content (AvgIpc) is 2.46. The minimum Gasteiger partial charge on any atom is -0.330 e. The van der Waals surface area contributed by atoms with Gasteiger partial charge in [0.15, 0.2) is 0 Å². The molecule has 1 amide bonds. The van der Waals surface area contributed by atoms with E-state index in [1.54, 1.807) is 12.1 Å². The van der Waals surface area contributed by atoms with Crippen LogP contribution in [0.5, 0.6) is 0 Å². The Hall–Kier alpha value is -1.10. The normalized spacial score (nSPS) is 17.1. The number of benzene rings is 1. The lowest BCUT2D eigenvalue weighted by molar-refractivity contribution is -0.116. The third-order valence-electron chi connectivity index (χ3n) is 3.80. The van der Waals surface area contributed by atoms with E-state index in [2.05, 4.69) is 10.2 Å². The van der Waals surface area contributed by atoms with Crippen LogP contribution in [-0.4, -0.2) is 37.0 Å². The number of rotatable bonds is 5. The fourth-order valence-corrected chi connectivity index (χ4v) is 2.69. The molecule has 0 bridgehead atoms. The molecule has 0 aromatic heterocycles. The van der Waals surface area contributed by atoms with Gasteiger partial charge in [-0.15, -0.1) is 0 Å². The van der Waals surface area contributed by atoms with E-state index in [-0.39, 0.29) is 5.91 Å². The fourth-order valence-electron chi connectivity index (χ4n) is 2.50. The van der Waals surface area contributed by atoms with Crippen molar-refractivity contribution < 1.29 is 4.79 Å². The van der Waals surface area contributed by atoms with Gasteiger partial charge in [-0.05, 0) is 56.6 Å². The van der Waals surface area contributed by atoms with Gasteiger partial charge in [0, 0.05) is 23.7 Å². The molecule has 1 fully saturated rings. The highest BCUT2D eigenvalue weighted by atomic mass is 35.5. The molecule has 2 rings (SSSR count). The number of nitrogens with two attached hydrogens (primary N) is 1. The summed E-state index contributed by atoms with van der Waals surface area (Å²) in [5.41, 5.74) is 6.43. The van der Waals surface area contributed by atoms with Gasteiger partial charge >= 0.3 is 0 Å². The maximum Gasteiger partial charge on any atom is 0.225 e. The molecule has 0 radical (unpaired) electrons. The highest BCUT2D eigenvalue weighted by Gasteiger charge is 2.18. The van der Waals surface area contributed by atoms with Crippen LogP contribution in [-0.2, 0) is 4.79 Å². The smallest absolute Gasteiger partial charge is 0.225 e. The molecule has 4 nitrogen and oxygen atoms in total. The van der Waals surface area contributed by atoms with E-state index < -0.39 is 0 Å². The second-order valence-corrected chi connectivity index (χ2v) is 5.77. The number of amides is 1. The van der Waals surface area contributed by atoms with Crippen LogP contribution in [0.3, 0.4) is 0 Å². The Kier molecular flexibility index (Phi) is 5.83. The Morgan fingerprint density at radius 3 is 2.80 bits per heavy atom. The van der Waals surface area contributed by atoms with Gasteiger partial charge in [0.25, 0.3) is 0 Å². The van der Waals surface area contributed by atoms with E-state index in [9.17, 15) is 4.79 Å². The number of nitrogens with one attached hydrogen (secondary N) is 1. The van der Waals surface area contributed by atoms with Crippen molar-refractivity contribution in [3.05, 3.63) is 29.3 Å². The van der Waals surface area contributed by atoms with Crippen molar-refractivity contribution in [1.82, 2.24) is 4.90 Å². The van der Waals surface area contributed by atoms with Crippen LogP contribution in [0.4, 0.5) is 5.69 Å². The molecule has 5 heteroatoms. The van der Waals surface area contributed by atoms with Crippen molar-refractivity contribution in [2.24, 2.45) is 11.7 Å². The number of nitrogens with zero attached hydrogens (tertiary/aromatic N) is 1. The van der Waals surface area contributed by atoms with Crippen LogP contribution in [0, 0.1) is 5.92 Å². The molecular weight excluding hydrogens is 274 g/mol. The van der Waals surface area contributed by atoms with Crippen molar-refractivity contribution in [2.75, 3.05) is 31.5 Å². The van der Waals surface area contributed by atoms with Crippen LogP contribution in [0.15, 0.2) is 24.3 Å². The van der Waals surface area contributed by atoms with Gasteiger partial charge in [-0.1, -0.05) is 17.7 Å². The summed E-state index contributed by atoms with van der Waals surface area (Å²) in [6.45, 7) is 3.69. The number of carbonyl (C=O) groups excluding carboxylic acids is 1. The largest absolute Gasteiger partial charge is 0.330 e. The quantitative estimate of drug-likeness (QED) is 0.876. The zero-order valence-electron chi connectivity index (χ0n) is 11.6. The van der Waals surface area contributed by atoms with Gasteiger partial charge in [0.05, 0.1) is 0 Å². The molecule has 0 unspecified atom stereocenters. The number of piperidine rings is 1. The summed E-state index contributed by atoms with van der Waals surface area (Å²) in [7, 11) is 0. The molecule has 0 atom stereocenters. The topological polar surface area (TPSA) is 58.4 Å². The monoisotopic (exact) mass is 295 g/mol. The molecule has 3 N–H and O–H groups in total. The first-order valence-electron chi connectivity index (χ1n) is 7.15. The van der Waals surface area contributed by atoms with Crippen LogP contribution in [0.2, 0.25) is 5.02 Å². The van der Waals surface area contributed by atoms with Crippen LogP contribution in [0.25, 0.3) is 0 Å². The Labute approximate surface area is 125 Å². The Bertz CT molecular complexity index is 444. The average molecular weight is 296 g/mol. The van der Waals surface area contributed by atoms with E-state index in [1.807, 2.05) is 12.1 Å². The second-order valence-electron chi connectivity index (χ2n) is 5.33. The molecule has 1 aromatic rings. The molecule has 110 valence electrons. The predicted octanol–water partition coefficient (Wildman–Crippen LogP) is 2.34. The van der Waals surface area contributed by atoms with Crippen LogP contribution in [0.1, 0.15) is 19.3 Å². The van der Waals surface area contributed by atoms with Crippen molar-refractivity contribution in [1.29, 1.82) is 0 Å². The maximum atomic E-state index is 11.9. The number of likely N-dealkylation sites (tertiary alicyclic amines) is 1. The lowest BCUT2D eigenvalue weighted by atomic mass is 9.97. The Balaban J connectivity index is 1.70. The summed E-state index contributed by atoms with van der Waals surface area (Å²) in [5, 5.41) is 3.50. The fraction of sp³-hybridized carbons (Fsp3) is 0.533. The van der Waals surface area contributed by atoms with Gasteiger partial charge in [0.2, 0.25) is 5.91 Å². The van der Waals surface area contributed by atoms with Crippen molar-refractivity contribution in [2.45, 2.75) is 19.3 Å². The standard InChI is InChI=1S/C15H22ClN3O/c16-13-2-1-3-14(10-13)18-15(20)6-9-19-7-4-12(11-17)5-8-19/h1-3,10,12H,4-9,11,17H2,(H,18,20). The lowest BCUT2D eigenvalue weighted by Gasteiger charge is -2.31. The van der Waals surface area contributed by atoms with Gasteiger partial charge in [-0.3, -0.25) is 4.79 Å². The molecule has 1 saturated heterocycles. The predicted molar refractivity (Wildman–Crippen MR) is 82.9 cm³/mol. The number of carbonyl (C=O) groups is 1. The number of anilines is 1. The van der Waals surface area contributed by atoms with E-state index >= 15 is 0 Å². The Morgan fingerprint density at radius 1 is 1.40 bits per heavy atom. The number of hydrogen-bond donors (Lipinski definition) is 2. The summed E-state index contributed by atoms with van der Waals surface area (Å²) in [4.78, 5) is 14.2. The highest BCUT2D eigenvalue weighted by Crippen LogP contribution is 2.17. The molecule has 1 aliphatic heterocycles. The summed E-state index contributed by atoms with van der Waals surface area (Å²) < 4.78 is 0. The first-order chi connectivity index (χ1) is 9.67. The van der Waals surface area contributed by atoms with Crippen LogP contribution >= 0.6 is 11.6 Å². The third kappa shape index (κ3) is 4.78. The van der Waals surface area contributed by atoms with Crippen molar-refractivity contribution in [3.63, 3.8) is 0 Å². The lowest BCUT2D eigenvalue weighted by Crippen LogP contribution is -2.37. The molecule has 0 saturated carbocycles. The van der Waals surface area contributed by atoms with Crippen molar-refractivity contribution >= 4 is 23.2 Å². The summed E-state index contributed by atoms with van der Waals surface area (Å²) in [5.74, 6) is 0.694. The molecule has 0 aliphatic carbocycles. The molecule has 1 aromatic carbocycles. The third-order valence-corrected chi connectivity index (χ3v) is 4.04. The molecule has 1 heterocycles. The SMILES string of the molecule is NCC1CCN(CCC(=O)Nc2cccc(Cl)c2)CC1. The van der Waals surface area contributed by atoms with E-state index in [4.69, 9.17) is 17.3 Å². The van der Waals surface area contributed by atoms with Gasteiger partial charge in [-0.25, -0.2) is 0 Å². The van der Waals surface area contributed by atoms with E-state index in [1.165, 1.54) is 0 Å². The van der Waals surface area contributed by atoms with E-state index in [0.717, 1.165) is 44.7 Å². The first-order valence-corrected chi connectivity index (χ1v) is 7.53. The minimum absolute atomic E-state index is 0.0354. The van der Waals surface area contributed by atoms with E-state index in [0.29, 0.717) is 17.4 Å². The summed E-state index contributed by atoms with van der Waals surface area (Å²) >= 11 is 5.88. The maximum absolute atomic E-state index is 11.9. The van der Waals surface area contributed by atoms with Crippen LogP contribution < -0.4 is 11.1 Å². The molecule has 20 heavy (non-hydrogen) atoms. The Morgan fingerprint density at radius 2 is 2.15 bits per heavy atom. The van der Waals surface area contributed by atoms with Gasteiger partial charge < -0.3 is 16.0 Å². The second kappa shape index (κ2) is 7.62. The summed E-state index contributed by atoms with van der Waals surface area (Å²) in [6, 6.07) is 7.22. The highest BCUT2D eigenvalue weighted by molar-refractivity contribution is 6.30. The first kappa shape index (κ1) is 15.3. The zero-order valence-corrected chi connectivity index (χ0v) is 12.4. The van der Waals surface area contributed by atoms with Gasteiger partial charge in [-0.2, -0.15) is 0 Å². The molecular formula is C15H22ClN3O. The summed E-state index contributed by atoms with van der Waals surface area (Å²) in [6.07, 6.45) is 2.80. The molecule has 0 spiro atoms. The van der Waals surface area contributed by atoms with Gasteiger partial charge in [0.1, 0.15) is 0 Å². The van der Waals surface area contributed by atoms with Crippen molar-refractivity contribution in [3.8, 4) is 0 Å². The number of halogens is 1.